The van der Waals surface area contributed by atoms with E-state index >= 15 is 0 Å². The molecule has 2 aliphatic rings. The van der Waals surface area contributed by atoms with Crippen LogP contribution in [0.4, 0.5) is 5.82 Å². The molecule has 0 atom stereocenters. The maximum Gasteiger partial charge on any atom is 0.228 e. The summed E-state index contributed by atoms with van der Waals surface area (Å²) in [5, 5.41) is 14.4. The Balaban J connectivity index is 1.62. The van der Waals surface area contributed by atoms with Crippen LogP contribution in [0.2, 0.25) is 0 Å². The maximum absolute atomic E-state index is 11.8. The van der Waals surface area contributed by atoms with E-state index in [1.54, 1.807) is 6.20 Å². The second-order valence-corrected chi connectivity index (χ2v) is 6.46. The van der Waals surface area contributed by atoms with E-state index in [9.17, 15) is 9.90 Å². The first-order chi connectivity index (χ1) is 10.6. The predicted molar refractivity (Wildman–Crippen MR) is 83.3 cm³/mol. The lowest BCUT2D eigenvalue weighted by Crippen LogP contribution is -2.22. The Morgan fingerprint density at radius 2 is 2.05 bits per heavy atom. The molecule has 0 radical (unpaired) electrons. The normalized spacial score (nSPS) is 20.2. The molecule has 0 unspecified atom stereocenters. The Labute approximate surface area is 128 Å². The molecule has 2 saturated carbocycles. The van der Waals surface area contributed by atoms with Gasteiger partial charge in [0, 0.05) is 11.3 Å². The van der Waals surface area contributed by atoms with Crippen molar-refractivity contribution in [1.29, 1.82) is 0 Å². The summed E-state index contributed by atoms with van der Waals surface area (Å²) in [6, 6.07) is 5.67. The Bertz CT molecular complexity index is 734. The number of amides is 1. The zero-order valence-electron chi connectivity index (χ0n) is 12.4. The topological polar surface area (TPSA) is 75.1 Å². The molecule has 22 heavy (non-hydrogen) atoms. The van der Waals surface area contributed by atoms with Crippen molar-refractivity contribution in [2.75, 3.05) is 5.32 Å². The minimum Gasteiger partial charge on any atom is -0.384 e. The van der Waals surface area contributed by atoms with Gasteiger partial charge in [0.25, 0.3) is 0 Å². The van der Waals surface area contributed by atoms with Crippen molar-refractivity contribution in [3.8, 4) is 0 Å². The van der Waals surface area contributed by atoms with E-state index in [0.717, 1.165) is 55.1 Å². The molecule has 2 heterocycles. The van der Waals surface area contributed by atoms with Crippen LogP contribution < -0.4 is 5.32 Å². The first-order valence-corrected chi connectivity index (χ1v) is 7.95. The van der Waals surface area contributed by atoms with Crippen LogP contribution in [0.5, 0.6) is 0 Å². The molecule has 0 aromatic carbocycles. The predicted octanol–water partition coefficient (Wildman–Crippen LogP) is 2.74. The number of fused-ring (bicyclic) bond motifs is 1. The average Bonchev–Trinajstić information content (AvgIpc) is 3.29. The van der Waals surface area contributed by atoms with Crippen molar-refractivity contribution in [2.24, 2.45) is 5.92 Å². The molecule has 0 saturated heterocycles. The van der Waals surface area contributed by atoms with Crippen LogP contribution in [-0.2, 0) is 10.4 Å². The number of aliphatic hydroxyl groups is 1. The van der Waals surface area contributed by atoms with Gasteiger partial charge in [0.15, 0.2) is 0 Å². The molecule has 2 aromatic rings. The molecule has 5 nitrogen and oxygen atoms in total. The molecule has 2 aliphatic carbocycles. The second kappa shape index (κ2) is 5.02. The van der Waals surface area contributed by atoms with Crippen LogP contribution in [0.15, 0.2) is 24.4 Å². The SMILES string of the molecule is O=C(Nc1cc2ccc(C3(O)CCCC3)nc2cn1)C1CC1. The molecule has 2 fully saturated rings. The van der Waals surface area contributed by atoms with E-state index in [1.165, 1.54) is 0 Å². The third-order valence-corrected chi connectivity index (χ3v) is 4.68. The van der Waals surface area contributed by atoms with Crippen molar-refractivity contribution in [3.63, 3.8) is 0 Å². The fourth-order valence-corrected chi connectivity index (χ4v) is 3.14. The van der Waals surface area contributed by atoms with Gasteiger partial charge in [0.1, 0.15) is 11.4 Å². The quantitative estimate of drug-likeness (QED) is 0.913. The molecule has 0 spiro atoms. The molecule has 2 aromatic heterocycles. The first kappa shape index (κ1) is 13.6. The molecule has 4 rings (SSSR count). The number of rotatable bonds is 3. The van der Waals surface area contributed by atoms with Crippen molar-refractivity contribution in [1.82, 2.24) is 9.97 Å². The fourth-order valence-electron chi connectivity index (χ4n) is 3.14. The Kier molecular flexibility index (Phi) is 3.11. The van der Waals surface area contributed by atoms with Crippen LogP contribution in [0, 0.1) is 5.92 Å². The molecule has 114 valence electrons. The summed E-state index contributed by atoms with van der Waals surface area (Å²) in [7, 11) is 0. The van der Waals surface area contributed by atoms with Crippen LogP contribution in [0.1, 0.15) is 44.2 Å². The molecule has 5 heteroatoms. The minimum atomic E-state index is -0.785. The van der Waals surface area contributed by atoms with E-state index in [-0.39, 0.29) is 11.8 Å². The van der Waals surface area contributed by atoms with Gasteiger partial charge in [-0.1, -0.05) is 18.9 Å². The number of nitrogens with one attached hydrogen (secondary N) is 1. The fraction of sp³-hybridized carbons (Fsp3) is 0.471. The number of aromatic nitrogens is 2. The largest absolute Gasteiger partial charge is 0.384 e. The number of hydrogen-bond donors (Lipinski definition) is 2. The molecule has 0 bridgehead atoms. The van der Waals surface area contributed by atoms with Crippen molar-refractivity contribution >= 4 is 22.6 Å². The van der Waals surface area contributed by atoms with E-state index in [2.05, 4.69) is 15.3 Å². The highest BCUT2D eigenvalue weighted by molar-refractivity contribution is 5.94. The monoisotopic (exact) mass is 297 g/mol. The van der Waals surface area contributed by atoms with Crippen LogP contribution >= 0.6 is 0 Å². The van der Waals surface area contributed by atoms with E-state index in [0.29, 0.717) is 5.82 Å². The number of hydrogen-bond acceptors (Lipinski definition) is 4. The standard InChI is InChI=1S/C17H19N3O2/c21-16(11-3-4-11)20-15-9-12-5-6-14(19-13(12)10-18-15)17(22)7-1-2-8-17/h5-6,9-11,22H,1-4,7-8H2,(H,18,20,21). The zero-order chi connectivity index (χ0) is 15.2. The molecule has 0 aliphatic heterocycles. The van der Waals surface area contributed by atoms with Crippen LogP contribution in [0.3, 0.4) is 0 Å². The number of pyridine rings is 2. The smallest absolute Gasteiger partial charge is 0.228 e. The van der Waals surface area contributed by atoms with Gasteiger partial charge < -0.3 is 10.4 Å². The highest BCUT2D eigenvalue weighted by atomic mass is 16.3. The lowest BCUT2D eigenvalue weighted by atomic mass is 9.97. The van der Waals surface area contributed by atoms with Gasteiger partial charge >= 0.3 is 0 Å². The van der Waals surface area contributed by atoms with Gasteiger partial charge in [-0.3, -0.25) is 4.79 Å². The third-order valence-electron chi connectivity index (χ3n) is 4.68. The summed E-state index contributed by atoms with van der Waals surface area (Å²) in [4.78, 5) is 20.6. The van der Waals surface area contributed by atoms with Crippen molar-refractivity contribution in [2.45, 2.75) is 44.1 Å². The summed E-state index contributed by atoms with van der Waals surface area (Å²) in [5.74, 6) is 0.782. The van der Waals surface area contributed by atoms with Gasteiger partial charge in [-0.15, -0.1) is 0 Å². The van der Waals surface area contributed by atoms with Gasteiger partial charge in [-0.25, -0.2) is 9.97 Å². The van der Waals surface area contributed by atoms with E-state index in [4.69, 9.17) is 0 Å². The Hall–Kier alpha value is -2.01. The number of carbonyl (C=O) groups is 1. The first-order valence-electron chi connectivity index (χ1n) is 7.95. The van der Waals surface area contributed by atoms with E-state index in [1.807, 2.05) is 18.2 Å². The maximum atomic E-state index is 11.8. The number of carbonyl (C=O) groups excluding carboxylic acids is 1. The van der Waals surface area contributed by atoms with Gasteiger partial charge in [0.2, 0.25) is 5.91 Å². The summed E-state index contributed by atoms with van der Waals surface area (Å²) >= 11 is 0. The lowest BCUT2D eigenvalue weighted by molar-refractivity contribution is -0.117. The number of nitrogens with zero attached hydrogens (tertiary/aromatic N) is 2. The summed E-state index contributed by atoms with van der Waals surface area (Å²) in [6.07, 6.45) is 7.25. The second-order valence-electron chi connectivity index (χ2n) is 6.46. The van der Waals surface area contributed by atoms with Crippen molar-refractivity contribution in [3.05, 3.63) is 30.1 Å². The van der Waals surface area contributed by atoms with E-state index < -0.39 is 5.60 Å². The van der Waals surface area contributed by atoms with Gasteiger partial charge in [0.05, 0.1) is 17.4 Å². The molecule has 2 N–H and O–H groups in total. The Morgan fingerprint density at radius 1 is 1.27 bits per heavy atom. The summed E-state index contributed by atoms with van der Waals surface area (Å²) in [5.41, 5.74) is 0.698. The number of anilines is 1. The third kappa shape index (κ3) is 2.46. The zero-order valence-corrected chi connectivity index (χ0v) is 12.4. The van der Waals surface area contributed by atoms with Crippen LogP contribution in [0.25, 0.3) is 10.9 Å². The lowest BCUT2D eigenvalue weighted by Gasteiger charge is -2.21. The van der Waals surface area contributed by atoms with Gasteiger partial charge in [-0.05, 0) is 37.8 Å². The summed E-state index contributed by atoms with van der Waals surface area (Å²) < 4.78 is 0. The highest BCUT2D eigenvalue weighted by Gasteiger charge is 2.34. The highest BCUT2D eigenvalue weighted by Crippen LogP contribution is 2.38. The van der Waals surface area contributed by atoms with Crippen molar-refractivity contribution < 1.29 is 9.90 Å². The molecular weight excluding hydrogens is 278 g/mol. The van der Waals surface area contributed by atoms with Crippen LogP contribution in [-0.4, -0.2) is 21.0 Å². The average molecular weight is 297 g/mol. The Morgan fingerprint density at radius 3 is 2.77 bits per heavy atom. The molecule has 1 amide bonds. The summed E-state index contributed by atoms with van der Waals surface area (Å²) in [6.45, 7) is 0. The molecular formula is C17H19N3O2. The van der Waals surface area contributed by atoms with Gasteiger partial charge in [-0.2, -0.15) is 0 Å². The minimum absolute atomic E-state index is 0.0525.